The summed E-state index contributed by atoms with van der Waals surface area (Å²) >= 11 is 0. The first kappa shape index (κ1) is 17.7. The van der Waals surface area contributed by atoms with Gasteiger partial charge in [0.2, 0.25) is 0 Å². The Bertz CT molecular complexity index is 1090. The Kier molecular flexibility index (Phi) is 4.47. The van der Waals surface area contributed by atoms with Crippen LogP contribution in [0.3, 0.4) is 0 Å². The van der Waals surface area contributed by atoms with Crippen LogP contribution in [-0.2, 0) is 9.84 Å². The number of hydrogen-bond donors (Lipinski definition) is 0. The van der Waals surface area contributed by atoms with Crippen LogP contribution in [0.25, 0.3) is 22.2 Å². The zero-order valence-electron chi connectivity index (χ0n) is 15.0. The van der Waals surface area contributed by atoms with Crippen molar-refractivity contribution < 1.29 is 17.7 Å². The molecule has 1 aliphatic rings. The molecule has 140 valence electrons. The van der Waals surface area contributed by atoms with Gasteiger partial charge in [-0.2, -0.15) is 0 Å². The third kappa shape index (κ3) is 3.35. The lowest BCUT2D eigenvalue weighted by molar-refractivity contribution is 0.0708. The molecule has 1 saturated heterocycles. The number of fused-ring (bicyclic) bond motifs is 1. The molecular formula is C20H20N2O4S. The summed E-state index contributed by atoms with van der Waals surface area (Å²) in [6.45, 7) is 2.34. The van der Waals surface area contributed by atoms with Crippen LogP contribution in [0.1, 0.15) is 23.7 Å². The van der Waals surface area contributed by atoms with Crippen LogP contribution >= 0.6 is 0 Å². The predicted molar refractivity (Wildman–Crippen MR) is 103 cm³/mol. The van der Waals surface area contributed by atoms with Gasteiger partial charge in [0, 0.05) is 23.7 Å². The zero-order chi connectivity index (χ0) is 19.0. The van der Waals surface area contributed by atoms with Crippen molar-refractivity contribution in [2.24, 2.45) is 0 Å². The van der Waals surface area contributed by atoms with E-state index in [1.807, 2.05) is 37.3 Å². The van der Waals surface area contributed by atoms with Gasteiger partial charge >= 0.3 is 0 Å². The first-order valence-corrected chi connectivity index (χ1v) is 10.8. The summed E-state index contributed by atoms with van der Waals surface area (Å²) in [7, 11) is -3.05. The Morgan fingerprint density at radius 3 is 2.67 bits per heavy atom. The summed E-state index contributed by atoms with van der Waals surface area (Å²) in [6, 6.07) is 14.6. The number of benzene rings is 2. The van der Waals surface area contributed by atoms with Crippen molar-refractivity contribution in [1.29, 1.82) is 0 Å². The second-order valence-electron chi connectivity index (χ2n) is 6.76. The van der Waals surface area contributed by atoms with Crippen molar-refractivity contribution in [3.63, 3.8) is 0 Å². The van der Waals surface area contributed by atoms with E-state index in [1.54, 1.807) is 23.1 Å². The summed E-state index contributed by atoms with van der Waals surface area (Å²) in [4.78, 5) is 14.7. The normalized spacial score (nSPS) is 18.6. The Morgan fingerprint density at radius 1 is 1.22 bits per heavy atom. The predicted octanol–water partition coefficient (Wildman–Crippen LogP) is 3.14. The van der Waals surface area contributed by atoms with Gasteiger partial charge in [-0.25, -0.2) is 8.42 Å². The highest BCUT2D eigenvalue weighted by Gasteiger charge is 2.34. The van der Waals surface area contributed by atoms with E-state index in [0.29, 0.717) is 29.8 Å². The molecule has 6 nitrogen and oxygen atoms in total. The minimum absolute atomic E-state index is 0.0390. The van der Waals surface area contributed by atoms with Gasteiger partial charge in [0.25, 0.3) is 5.91 Å². The average Bonchev–Trinajstić information content (AvgIpc) is 3.25. The van der Waals surface area contributed by atoms with Crippen molar-refractivity contribution in [2.45, 2.75) is 19.4 Å². The van der Waals surface area contributed by atoms with Gasteiger partial charge in [-0.1, -0.05) is 35.5 Å². The van der Waals surface area contributed by atoms with E-state index in [9.17, 15) is 13.2 Å². The fourth-order valence-corrected chi connectivity index (χ4v) is 5.36. The van der Waals surface area contributed by atoms with Gasteiger partial charge in [-0.05, 0) is 31.5 Å². The standard InChI is InChI=1S/C20H20N2O4S/c1-2-22(16-10-11-27(24,25)13-16)20(23)15-8-9-18-17(12-15)19(26-21-18)14-6-4-3-5-7-14/h3-9,12,16H,2,10-11,13H2,1H3. The lowest BCUT2D eigenvalue weighted by atomic mass is 10.0. The number of carbonyl (C=O) groups excluding carboxylic acids is 1. The molecule has 2 heterocycles. The monoisotopic (exact) mass is 384 g/mol. The maximum absolute atomic E-state index is 13.1. The van der Waals surface area contributed by atoms with E-state index < -0.39 is 9.84 Å². The molecule has 1 atom stereocenters. The van der Waals surface area contributed by atoms with Crippen molar-refractivity contribution in [3.8, 4) is 11.3 Å². The highest BCUT2D eigenvalue weighted by Crippen LogP contribution is 2.30. The van der Waals surface area contributed by atoms with E-state index in [1.165, 1.54) is 0 Å². The molecule has 4 rings (SSSR count). The topological polar surface area (TPSA) is 80.5 Å². The summed E-state index contributed by atoms with van der Waals surface area (Å²) in [5.41, 5.74) is 2.07. The van der Waals surface area contributed by atoms with Crippen molar-refractivity contribution in [1.82, 2.24) is 10.1 Å². The van der Waals surface area contributed by atoms with Crippen molar-refractivity contribution >= 4 is 26.6 Å². The quantitative estimate of drug-likeness (QED) is 0.690. The second-order valence-corrected chi connectivity index (χ2v) is 8.99. The summed E-state index contributed by atoms with van der Waals surface area (Å²) in [5, 5.41) is 4.84. The van der Waals surface area contributed by atoms with Gasteiger partial charge in [0.15, 0.2) is 15.6 Å². The van der Waals surface area contributed by atoms with E-state index in [4.69, 9.17) is 4.52 Å². The lowest BCUT2D eigenvalue weighted by Gasteiger charge is -2.27. The van der Waals surface area contributed by atoms with Crippen LogP contribution in [-0.4, -0.2) is 48.5 Å². The molecule has 3 aromatic rings. The van der Waals surface area contributed by atoms with Crippen LogP contribution in [0.5, 0.6) is 0 Å². The number of rotatable bonds is 4. The van der Waals surface area contributed by atoms with Gasteiger partial charge in [0.1, 0.15) is 5.52 Å². The maximum Gasteiger partial charge on any atom is 0.254 e. The van der Waals surface area contributed by atoms with Gasteiger partial charge in [-0.3, -0.25) is 4.79 Å². The first-order chi connectivity index (χ1) is 13.0. The lowest BCUT2D eigenvalue weighted by Crippen LogP contribution is -2.40. The molecule has 7 heteroatoms. The van der Waals surface area contributed by atoms with Crippen LogP contribution in [0, 0.1) is 0 Å². The molecule has 0 saturated carbocycles. The van der Waals surface area contributed by atoms with E-state index >= 15 is 0 Å². The summed E-state index contributed by atoms with van der Waals surface area (Å²) < 4.78 is 29.1. The molecule has 1 amide bonds. The fraction of sp³-hybridized carbons (Fsp3) is 0.300. The van der Waals surface area contributed by atoms with Crippen LogP contribution in [0.4, 0.5) is 0 Å². The van der Waals surface area contributed by atoms with Gasteiger partial charge in [0.05, 0.1) is 16.9 Å². The molecule has 0 radical (unpaired) electrons. The van der Waals surface area contributed by atoms with Crippen LogP contribution in [0.2, 0.25) is 0 Å². The Balaban J connectivity index is 1.70. The highest BCUT2D eigenvalue weighted by atomic mass is 32.2. The highest BCUT2D eigenvalue weighted by molar-refractivity contribution is 7.91. The maximum atomic E-state index is 13.1. The smallest absolute Gasteiger partial charge is 0.254 e. The van der Waals surface area contributed by atoms with Gasteiger partial charge in [-0.15, -0.1) is 0 Å². The zero-order valence-corrected chi connectivity index (χ0v) is 15.8. The van der Waals surface area contributed by atoms with E-state index in [0.717, 1.165) is 10.9 Å². The molecule has 2 aromatic carbocycles. The Labute approximate surface area is 157 Å². The van der Waals surface area contributed by atoms with E-state index in [-0.39, 0.29) is 23.5 Å². The van der Waals surface area contributed by atoms with Gasteiger partial charge < -0.3 is 9.42 Å². The molecule has 27 heavy (non-hydrogen) atoms. The molecule has 0 spiro atoms. The Morgan fingerprint density at radius 2 is 2.00 bits per heavy atom. The number of hydrogen-bond acceptors (Lipinski definition) is 5. The Hall–Kier alpha value is -2.67. The summed E-state index contributed by atoms with van der Waals surface area (Å²) in [6.07, 6.45) is 0.493. The third-order valence-corrected chi connectivity index (χ3v) is 6.76. The molecule has 1 fully saturated rings. The third-order valence-electron chi connectivity index (χ3n) is 5.01. The number of sulfone groups is 1. The van der Waals surface area contributed by atoms with Crippen LogP contribution < -0.4 is 0 Å². The molecule has 1 aliphatic heterocycles. The molecule has 1 unspecified atom stereocenters. The van der Waals surface area contributed by atoms with E-state index in [2.05, 4.69) is 5.16 Å². The second kappa shape index (κ2) is 6.81. The molecular weight excluding hydrogens is 364 g/mol. The largest absolute Gasteiger partial charge is 0.355 e. The minimum Gasteiger partial charge on any atom is -0.355 e. The molecule has 0 aliphatic carbocycles. The average molecular weight is 384 g/mol. The number of nitrogens with zero attached hydrogens (tertiary/aromatic N) is 2. The minimum atomic E-state index is -3.05. The molecule has 0 N–H and O–H groups in total. The number of carbonyl (C=O) groups is 1. The first-order valence-electron chi connectivity index (χ1n) is 8.95. The summed E-state index contributed by atoms with van der Waals surface area (Å²) in [5.74, 6) is 0.634. The van der Waals surface area contributed by atoms with Crippen molar-refractivity contribution in [2.75, 3.05) is 18.1 Å². The van der Waals surface area contributed by atoms with Crippen LogP contribution in [0.15, 0.2) is 53.1 Å². The SMILES string of the molecule is CCN(C(=O)c1ccc2noc(-c3ccccc3)c2c1)C1CCS(=O)(=O)C1. The number of amides is 1. The van der Waals surface area contributed by atoms with Crippen molar-refractivity contribution in [3.05, 3.63) is 54.1 Å². The molecule has 1 aromatic heterocycles. The fourth-order valence-electron chi connectivity index (χ4n) is 3.63. The molecule has 0 bridgehead atoms. The number of aromatic nitrogens is 1.